The Morgan fingerprint density at radius 2 is 1.89 bits per heavy atom. The third-order valence-electron chi connectivity index (χ3n) is 3.00. The molecule has 0 radical (unpaired) electrons. The predicted octanol–water partition coefficient (Wildman–Crippen LogP) is 1.81. The lowest BCUT2D eigenvalue weighted by Crippen LogP contribution is -2.03. The van der Waals surface area contributed by atoms with Crippen LogP contribution in [0.4, 0.5) is 0 Å². The summed E-state index contributed by atoms with van der Waals surface area (Å²) in [5.74, 6) is 2.08. The fourth-order valence-electron chi connectivity index (χ4n) is 1.74. The van der Waals surface area contributed by atoms with Crippen LogP contribution in [0.5, 0.6) is 5.75 Å². The number of hydrogen-bond donors (Lipinski definition) is 1. The lowest BCUT2D eigenvalue weighted by molar-refractivity contribution is 0.302. The molecule has 1 aromatic carbocycles. The van der Waals surface area contributed by atoms with E-state index in [-0.39, 0.29) is 0 Å². The molecule has 0 spiro atoms. The minimum absolute atomic E-state index is 0.515. The average Bonchev–Trinajstić information content (AvgIpc) is 2.83. The van der Waals surface area contributed by atoms with Gasteiger partial charge in [0.05, 0.1) is 13.0 Å². The Kier molecular flexibility index (Phi) is 4.52. The monoisotopic (exact) mass is 261 g/mol. The molecule has 0 fully saturated rings. The van der Waals surface area contributed by atoms with E-state index in [1.54, 1.807) is 0 Å². The second-order valence-electron chi connectivity index (χ2n) is 4.42. The molecule has 0 saturated heterocycles. The minimum atomic E-state index is 0.515. The van der Waals surface area contributed by atoms with Crippen LogP contribution in [0.25, 0.3) is 0 Å². The highest BCUT2D eigenvalue weighted by molar-refractivity contribution is 5.38. The van der Waals surface area contributed by atoms with Gasteiger partial charge in [0.2, 0.25) is 11.8 Å². The van der Waals surface area contributed by atoms with E-state index in [4.69, 9.17) is 14.9 Å². The number of aryl methyl sites for hydroxylation is 1. The van der Waals surface area contributed by atoms with Crippen molar-refractivity contribution < 1.29 is 9.15 Å². The number of nitrogens with zero attached hydrogens (tertiary/aromatic N) is 2. The molecule has 0 unspecified atom stereocenters. The maximum Gasteiger partial charge on any atom is 0.219 e. The number of benzene rings is 1. The summed E-state index contributed by atoms with van der Waals surface area (Å²) in [4.78, 5) is 0. The molecule has 0 saturated carbocycles. The van der Waals surface area contributed by atoms with E-state index in [0.717, 1.165) is 11.3 Å². The van der Waals surface area contributed by atoms with Gasteiger partial charge in [0.15, 0.2) is 0 Å². The summed E-state index contributed by atoms with van der Waals surface area (Å²) in [6.07, 6.45) is 1.22. The van der Waals surface area contributed by atoms with Gasteiger partial charge in [0.1, 0.15) is 5.75 Å². The molecule has 1 heterocycles. The smallest absolute Gasteiger partial charge is 0.219 e. The first kappa shape index (κ1) is 13.5. The fraction of sp³-hybridized carbons (Fsp3) is 0.429. The molecule has 2 aromatic rings. The van der Waals surface area contributed by atoms with Crippen LogP contribution in [0, 0.1) is 13.8 Å². The van der Waals surface area contributed by atoms with Crippen LogP contribution in [0.1, 0.15) is 22.9 Å². The van der Waals surface area contributed by atoms with Crippen molar-refractivity contribution in [2.45, 2.75) is 26.7 Å². The Hall–Kier alpha value is -1.88. The predicted molar refractivity (Wildman–Crippen MR) is 72.2 cm³/mol. The van der Waals surface area contributed by atoms with Crippen molar-refractivity contribution in [3.05, 3.63) is 41.1 Å². The molecular weight excluding hydrogens is 242 g/mol. The molecule has 5 heteroatoms. The summed E-state index contributed by atoms with van der Waals surface area (Å²) >= 11 is 0. The Labute approximate surface area is 112 Å². The van der Waals surface area contributed by atoms with Crippen molar-refractivity contribution in [3.63, 3.8) is 0 Å². The first-order valence-electron chi connectivity index (χ1n) is 6.41. The average molecular weight is 261 g/mol. The van der Waals surface area contributed by atoms with Gasteiger partial charge in [-0.05, 0) is 31.0 Å². The molecule has 1 aromatic heterocycles. The van der Waals surface area contributed by atoms with E-state index in [1.807, 2.05) is 12.1 Å². The van der Waals surface area contributed by atoms with Crippen molar-refractivity contribution in [3.8, 4) is 5.75 Å². The van der Waals surface area contributed by atoms with E-state index in [1.165, 1.54) is 5.56 Å². The van der Waals surface area contributed by atoms with Crippen molar-refractivity contribution >= 4 is 0 Å². The Bertz CT molecular complexity index is 537. The fourth-order valence-corrected chi connectivity index (χ4v) is 1.74. The molecule has 19 heavy (non-hydrogen) atoms. The summed E-state index contributed by atoms with van der Waals surface area (Å²) in [5.41, 5.74) is 7.81. The highest BCUT2D eigenvalue weighted by Crippen LogP contribution is 2.20. The second-order valence-corrected chi connectivity index (χ2v) is 4.42. The van der Waals surface area contributed by atoms with Gasteiger partial charge >= 0.3 is 0 Å². The van der Waals surface area contributed by atoms with Crippen LogP contribution in [0.2, 0.25) is 0 Å². The molecule has 102 valence electrons. The molecule has 0 aliphatic carbocycles. The zero-order valence-electron chi connectivity index (χ0n) is 11.3. The molecule has 2 rings (SSSR count). The van der Waals surface area contributed by atoms with Gasteiger partial charge in [0, 0.05) is 13.0 Å². The highest BCUT2D eigenvalue weighted by Gasteiger charge is 2.06. The molecular formula is C14H19N3O2. The molecule has 0 aliphatic heterocycles. The highest BCUT2D eigenvalue weighted by atomic mass is 16.5. The van der Waals surface area contributed by atoms with Gasteiger partial charge in [-0.25, -0.2) is 0 Å². The molecule has 0 bridgehead atoms. The molecule has 2 N–H and O–H groups in total. The van der Waals surface area contributed by atoms with Gasteiger partial charge in [-0.1, -0.05) is 12.1 Å². The summed E-state index contributed by atoms with van der Waals surface area (Å²) in [6, 6.07) is 6.03. The van der Waals surface area contributed by atoms with Crippen LogP contribution < -0.4 is 10.5 Å². The van der Waals surface area contributed by atoms with Crippen LogP contribution in [-0.2, 0) is 12.8 Å². The molecule has 0 atom stereocenters. The maximum absolute atomic E-state index is 5.74. The van der Waals surface area contributed by atoms with Crippen LogP contribution in [-0.4, -0.2) is 23.3 Å². The van der Waals surface area contributed by atoms with Gasteiger partial charge in [-0.15, -0.1) is 10.2 Å². The quantitative estimate of drug-likeness (QED) is 0.858. The molecule has 0 amide bonds. The van der Waals surface area contributed by atoms with Crippen molar-refractivity contribution in [2.75, 3.05) is 13.2 Å². The van der Waals surface area contributed by atoms with Crippen LogP contribution in [0.3, 0.4) is 0 Å². The Morgan fingerprint density at radius 1 is 1.16 bits per heavy atom. The number of hydrogen-bond acceptors (Lipinski definition) is 5. The van der Waals surface area contributed by atoms with Gasteiger partial charge in [0.25, 0.3) is 0 Å². The SMILES string of the molecule is Cc1cccc(OCCc2nnc(CCN)o2)c1C. The van der Waals surface area contributed by atoms with E-state index >= 15 is 0 Å². The van der Waals surface area contributed by atoms with Crippen molar-refractivity contribution in [1.29, 1.82) is 0 Å². The van der Waals surface area contributed by atoms with Crippen LogP contribution >= 0.6 is 0 Å². The number of aromatic nitrogens is 2. The van der Waals surface area contributed by atoms with E-state index < -0.39 is 0 Å². The zero-order valence-corrected chi connectivity index (χ0v) is 11.3. The lowest BCUT2D eigenvalue weighted by atomic mass is 10.1. The zero-order chi connectivity index (χ0) is 13.7. The van der Waals surface area contributed by atoms with E-state index in [9.17, 15) is 0 Å². The van der Waals surface area contributed by atoms with Crippen LogP contribution in [0.15, 0.2) is 22.6 Å². The van der Waals surface area contributed by atoms with Gasteiger partial charge < -0.3 is 14.9 Å². The summed E-state index contributed by atoms with van der Waals surface area (Å²) < 4.78 is 11.2. The van der Waals surface area contributed by atoms with Crippen molar-refractivity contribution in [2.24, 2.45) is 5.73 Å². The first-order valence-corrected chi connectivity index (χ1v) is 6.41. The minimum Gasteiger partial charge on any atom is -0.493 e. The van der Waals surface area contributed by atoms with E-state index in [2.05, 4.69) is 30.1 Å². The lowest BCUT2D eigenvalue weighted by Gasteiger charge is -2.09. The molecule has 5 nitrogen and oxygen atoms in total. The van der Waals surface area contributed by atoms with Gasteiger partial charge in [-0.2, -0.15) is 0 Å². The summed E-state index contributed by atoms with van der Waals surface area (Å²) in [5, 5.41) is 7.86. The maximum atomic E-state index is 5.74. The normalized spacial score (nSPS) is 10.7. The van der Waals surface area contributed by atoms with Gasteiger partial charge in [-0.3, -0.25) is 0 Å². The summed E-state index contributed by atoms with van der Waals surface area (Å²) in [7, 11) is 0. The summed E-state index contributed by atoms with van der Waals surface area (Å²) in [6.45, 7) is 5.16. The van der Waals surface area contributed by atoms with E-state index in [0.29, 0.717) is 37.8 Å². The second kappa shape index (κ2) is 6.33. The van der Waals surface area contributed by atoms with Crippen molar-refractivity contribution in [1.82, 2.24) is 10.2 Å². The number of nitrogens with two attached hydrogens (primary N) is 1. The largest absolute Gasteiger partial charge is 0.493 e. The Morgan fingerprint density at radius 3 is 2.63 bits per heavy atom. The first-order chi connectivity index (χ1) is 9.20. The number of rotatable bonds is 6. The third-order valence-corrected chi connectivity index (χ3v) is 3.00. The number of ether oxygens (including phenoxy) is 1. The third kappa shape index (κ3) is 3.54. The molecule has 0 aliphatic rings. The Balaban J connectivity index is 1.87. The topological polar surface area (TPSA) is 74.2 Å². The standard InChI is InChI=1S/C14H19N3O2/c1-10-4-3-5-12(11(10)2)18-9-7-14-17-16-13(19-14)6-8-15/h3-5H,6-9,15H2,1-2H3.